The molecule has 156 valence electrons. The fraction of sp³-hybridized carbons (Fsp3) is 0.190. The zero-order valence-corrected chi connectivity index (χ0v) is 16.7. The highest BCUT2D eigenvalue weighted by Crippen LogP contribution is 2.31. The lowest BCUT2D eigenvalue weighted by Crippen LogP contribution is -2.38. The summed E-state index contributed by atoms with van der Waals surface area (Å²) in [6.45, 7) is 0. The zero-order chi connectivity index (χ0) is 21.5. The molecule has 2 N–H and O–H groups in total. The Morgan fingerprint density at radius 1 is 1.13 bits per heavy atom. The molecule has 0 atom stereocenters. The molecule has 3 heterocycles. The van der Waals surface area contributed by atoms with Gasteiger partial charge in [0.15, 0.2) is 5.65 Å². The number of carboxylic acid groups (broad SMARTS) is 1. The van der Waals surface area contributed by atoms with Crippen molar-refractivity contribution in [3.8, 4) is 28.5 Å². The normalized spacial score (nSPS) is 18.0. The number of aliphatic carboxylic acids is 1. The van der Waals surface area contributed by atoms with E-state index in [0.29, 0.717) is 51.5 Å². The first-order chi connectivity index (χ1) is 15.0. The van der Waals surface area contributed by atoms with Crippen LogP contribution in [0.1, 0.15) is 12.8 Å². The van der Waals surface area contributed by atoms with Gasteiger partial charge in [-0.1, -0.05) is 17.7 Å². The van der Waals surface area contributed by atoms with Gasteiger partial charge in [0.2, 0.25) is 0 Å². The molecule has 0 saturated heterocycles. The predicted octanol–water partition coefficient (Wildman–Crippen LogP) is 4.12. The Bertz CT molecular complexity index is 1290. The summed E-state index contributed by atoms with van der Waals surface area (Å²) in [4.78, 5) is 30.6. The number of rotatable bonds is 5. The lowest BCUT2D eigenvalue weighted by Gasteiger charge is -2.31. The Labute approximate surface area is 180 Å². The second-order valence-electron chi connectivity index (χ2n) is 7.31. The SMILES string of the molecule is O=C(O)C1CC(Oc2ncc(-c3ccc(-c4nc5ncc(Cl)cc5[nH]4)c(F)c3)cn2)C1. The first-order valence-electron chi connectivity index (χ1n) is 9.49. The number of ether oxygens (including phenoxy) is 1. The van der Waals surface area contributed by atoms with Crippen LogP contribution in [-0.2, 0) is 4.79 Å². The van der Waals surface area contributed by atoms with E-state index in [9.17, 15) is 9.18 Å². The number of H-pyrrole nitrogens is 1. The number of aromatic nitrogens is 5. The third-order valence-corrected chi connectivity index (χ3v) is 5.41. The van der Waals surface area contributed by atoms with Crippen molar-refractivity contribution in [3.63, 3.8) is 0 Å². The summed E-state index contributed by atoms with van der Waals surface area (Å²) < 4.78 is 20.4. The largest absolute Gasteiger partial charge is 0.481 e. The number of hydrogen-bond acceptors (Lipinski definition) is 6. The number of hydrogen-bond donors (Lipinski definition) is 2. The standard InChI is InChI=1S/C21H15ClFN5O3/c22-13-6-17-19(24-9-13)28-18(27-17)15-2-1-10(5-16(15)23)12-7-25-21(26-8-12)31-14-3-11(4-14)20(29)30/h1-2,5-9,11,14H,3-4H2,(H,29,30)(H,24,27,28). The molecule has 1 saturated carbocycles. The fourth-order valence-electron chi connectivity index (χ4n) is 3.43. The topological polar surface area (TPSA) is 114 Å². The summed E-state index contributed by atoms with van der Waals surface area (Å²) in [5, 5.41) is 9.37. The number of carboxylic acids is 1. The molecule has 0 unspecified atom stereocenters. The molecule has 5 rings (SSSR count). The molecule has 31 heavy (non-hydrogen) atoms. The molecule has 1 fully saturated rings. The van der Waals surface area contributed by atoms with Crippen molar-refractivity contribution in [1.82, 2.24) is 24.9 Å². The molecule has 0 spiro atoms. The fourth-order valence-corrected chi connectivity index (χ4v) is 3.59. The minimum absolute atomic E-state index is 0.170. The van der Waals surface area contributed by atoms with E-state index in [-0.39, 0.29) is 18.0 Å². The average molecular weight is 440 g/mol. The summed E-state index contributed by atoms with van der Waals surface area (Å²) in [7, 11) is 0. The van der Waals surface area contributed by atoms with Crippen LogP contribution in [0.4, 0.5) is 4.39 Å². The number of halogens is 2. The molecule has 0 aliphatic heterocycles. The minimum atomic E-state index is -0.815. The van der Waals surface area contributed by atoms with Gasteiger partial charge < -0.3 is 14.8 Å². The van der Waals surface area contributed by atoms with E-state index >= 15 is 0 Å². The van der Waals surface area contributed by atoms with Gasteiger partial charge in [-0.05, 0) is 36.6 Å². The van der Waals surface area contributed by atoms with E-state index in [0.717, 1.165) is 0 Å². The van der Waals surface area contributed by atoms with E-state index < -0.39 is 11.8 Å². The van der Waals surface area contributed by atoms with E-state index in [4.69, 9.17) is 21.4 Å². The van der Waals surface area contributed by atoms with Crippen LogP contribution in [0.3, 0.4) is 0 Å². The Kier molecular flexibility index (Phi) is 4.74. The Morgan fingerprint density at radius 2 is 1.90 bits per heavy atom. The van der Waals surface area contributed by atoms with Crippen LogP contribution >= 0.6 is 11.6 Å². The van der Waals surface area contributed by atoms with Crippen molar-refractivity contribution in [1.29, 1.82) is 0 Å². The number of nitrogens with one attached hydrogen (secondary N) is 1. The average Bonchev–Trinajstić information content (AvgIpc) is 3.13. The zero-order valence-electron chi connectivity index (χ0n) is 15.9. The maximum Gasteiger partial charge on any atom is 0.316 e. The molecular formula is C21H15ClFN5O3. The van der Waals surface area contributed by atoms with Crippen molar-refractivity contribution < 1.29 is 19.0 Å². The van der Waals surface area contributed by atoms with Gasteiger partial charge in [-0.3, -0.25) is 4.79 Å². The lowest BCUT2D eigenvalue weighted by atomic mass is 9.82. The number of aromatic amines is 1. The van der Waals surface area contributed by atoms with E-state index in [1.54, 1.807) is 18.2 Å². The van der Waals surface area contributed by atoms with Crippen molar-refractivity contribution in [2.24, 2.45) is 5.92 Å². The molecule has 3 aromatic heterocycles. The van der Waals surface area contributed by atoms with Gasteiger partial charge in [-0.25, -0.2) is 24.3 Å². The summed E-state index contributed by atoms with van der Waals surface area (Å²) in [6.07, 6.45) is 5.25. The van der Waals surface area contributed by atoms with Crippen LogP contribution < -0.4 is 4.74 Å². The van der Waals surface area contributed by atoms with Gasteiger partial charge in [0.05, 0.1) is 22.0 Å². The van der Waals surface area contributed by atoms with Crippen LogP contribution in [0.5, 0.6) is 6.01 Å². The first-order valence-corrected chi connectivity index (χ1v) is 9.87. The molecule has 0 radical (unpaired) electrons. The summed E-state index contributed by atoms with van der Waals surface area (Å²) in [5.41, 5.74) is 2.59. The van der Waals surface area contributed by atoms with E-state index in [1.165, 1.54) is 24.7 Å². The molecule has 0 amide bonds. The number of nitrogens with zero attached hydrogens (tertiary/aromatic N) is 4. The van der Waals surface area contributed by atoms with Gasteiger partial charge in [0, 0.05) is 24.2 Å². The lowest BCUT2D eigenvalue weighted by molar-refractivity contribution is -0.148. The van der Waals surface area contributed by atoms with Crippen LogP contribution in [0.25, 0.3) is 33.7 Å². The molecule has 1 aliphatic rings. The smallest absolute Gasteiger partial charge is 0.316 e. The third kappa shape index (κ3) is 3.79. The van der Waals surface area contributed by atoms with E-state index in [2.05, 4.69) is 24.9 Å². The molecule has 8 nitrogen and oxygen atoms in total. The van der Waals surface area contributed by atoms with Gasteiger partial charge >= 0.3 is 12.0 Å². The van der Waals surface area contributed by atoms with Gasteiger partial charge in [0.1, 0.15) is 17.7 Å². The molecule has 0 bridgehead atoms. The molecular weight excluding hydrogens is 425 g/mol. The van der Waals surface area contributed by atoms with Gasteiger partial charge in [0.25, 0.3) is 0 Å². The number of imidazole rings is 1. The second kappa shape index (κ2) is 7.59. The Balaban J connectivity index is 1.33. The van der Waals surface area contributed by atoms with Crippen LogP contribution in [0.2, 0.25) is 5.02 Å². The van der Waals surface area contributed by atoms with Crippen molar-refractivity contribution in [2.45, 2.75) is 18.9 Å². The van der Waals surface area contributed by atoms with Gasteiger partial charge in [-0.15, -0.1) is 0 Å². The van der Waals surface area contributed by atoms with Gasteiger partial charge in [-0.2, -0.15) is 0 Å². The highest BCUT2D eigenvalue weighted by Gasteiger charge is 2.36. The number of fused-ring (bicyclic) bond motifs is 1. The summed E-state index contributed by atoms with van der Waals surface area (Å²) >= 11 is 5.93. The Morgan fingerprint density at radius 3 is 2.61 bits per heavy atom. The van der Waals surface area contributed by atoms with Crippen LogP contribution in [-0.4, -0.2) is 42.1 Å². The highest BCUT2D eigenvalue weighted by molar-refractivity contribution is 6.31. The minimum Gasteiger partial charge on any atom is -0.481 e. The maximum atomic E-state index is 14.8. The van der Waals surface area contributed by atoms with E-state index in [1.807, 2.05) is 0 Å². The third-order valence-electron chi connectivity index (χ3n) is 5.21. The van der Waals surface area contributed by atoms with Crippen molar-refractivity contribution >= 4 is 28.7 Å². The van der Waals surface area contributed by atoms with Crippen molar-refractivity contribution in [2.75, 3.05) is 0 Å². The Hall–Kier alpha value is -3.59. The number of benzene rings is 1. The first kappa shape index (κ1) is 19.4. The number of carbonyl (C=O) groups is 1. The molecule has 10 heteroatoms. The van der Waals surface area contributed by atoms with Crippen LogP contribution in [0.15, 0.2) is 42.9 Å². The van der Waals surface area contributed by atoms with Crippen LogP contribution in [0, 0.1) is 11.7 Å². The quantitative estimate of drug-likeness (QED) is 0.480. The summed E-state index contributed by atoms with van der Waals surface area (Å²) in [5.74, 6) is -1.29. The van der Waals surface area contributed by atoms with Crippen molar-refractivity contribution in [3.05, 3.63) is 53.7 Å². The highest BCUT2D eigenvalue weighted by atomic mass is 35.5. The number of pyridine rings is 1. The predicted molar refractivity (Wildman–Crippen MR) is 110 cm³/mol. The molecule has 1 aromatic carbocycles. The molecule has 1 aliphatic carbocycles. The summed E-state index contributed by atoms with van der Waals surface area (Å²) in [6, 6.07) is 6.59. The maximum absolute atomic E-state index is 14.8. The molecule has 4 aromatic rings. The monoisotopic (exact) mass is 439 g/mol. The second-order valence-corrected chi connectivity index (χ2v) is 7.74.